The van der Waals surface area contributed by atoms with Crippen molar-refractivity contribution in [1.82, 2.24) is 5.16 Å². The van der Waals surface area contributed by atoms with Crippen molar-refractivity contribution in [3.63, 3.8) is 0 Å². The molecular formula is C4H4N4O4. The van der Waals surface area contributed by atoms with Crippen LogP contribution in [0.5, 0.6) is 0 Å². The van der Waals surface area contributed by atoms with Gasteiger partial charge in [-0.15, -0.1) is 4.91 Å². The van der Waals surface area contributed by atoms with Gasteiger partial charge < -0.3 is 9.73 Å². The van der Waals surface area contributed by atoms with E-state index in [-0.39, 0.29) is 11.4 Å². The van der Waals surface area contributed by atoms with Gasteiger partial charge in [0, 0.05) is 5.18 Å². The summed E-state index contributed by atoms with van der Waals surface area (Å²) in [6, 6.07) is 0. The summed E-state index contributed by atoms with van der Waals surface area (Å²) in [5.41, 5.74) is 1.44. The fraction of sp³-hybridized carbons (Fsp3) is 0. The molecule has 1 rings (SSSR count). The zero-order valence-electron chi connectivity index (χ0n) is 5.63. The number of hydrogen-bond acceptors (Lipinski definition) is 8. The minimum atomic E-state index is -0.424. The molecular weight excluding hydrogens is 168 g/mol. The van der Waals surface area contributed by atoms with Gasteiger partial charge in [0.05, 0.1) is 6.21 Å². The Kier molecular flexibility index (Phi) is 2.33. The highest BCUT2D eigenvalue weighted by molar-refractivity contribution is 5.87. The van der Waals surface area contributed by atoms with E-state index in [0.717, 1.165) is 6.21 Å². The van der Waals surface area contributed by atoms with Gasteiger partial charge in [-0.2, -0.15) is 0 Å². The first-order valence-corrected chi connectivity index (χ1v) is 2.74. The molecule has 0 saturated carbocycles. The van der Waals surface area contributed by atoms with E-state index in [4.69, 9.17) is 10.4 Å². The first-order chi connectivity index (χ1) is 5.83. The lowest BCUT2D eigenvalue weighted by Gasteiger charge is -1.90. The second-order valence-corrected chi connectivity index (χ2v) is 1.70. The molecule has 12 heavy (non-hydrogen) atoms. The van der Waals surface area contributed by atoms with Crippen molar-refractivity contribution < 1.29 is 14.9 Å². The molecule has 0 fully saturated rings. The Morgan fingerprint density at radius 2 is 2.42 bits per heavy atom. The highest BCUT2D eigenvalue weighted by Crippen LogP contribution is 2.26. The third-order valence-electron chi connectivity index (χ3n) is 1.08. The number of nitrogens with one attached hydrogen (secondary N) is 1. The van der Waals surface area contributed by atoms with E-state index in [1.807, 2.05) is 0 Å². The molecule has 0 spiro atoms. The Balaban J connectivity index is 3.12. The molecule has 3 N–H and O–H groups in total. The Bertz CT molecular complexity index is 306. The molecule has 0 saturated heterocycles. The minimum Gasteiger partial charge on any atom is -0.411 e. The quantitative estimate of drug-likeness (QED) is 0.267. The number of rotatable bonds is 3. The summed E-state index contributed by atoms with van der Waals surface area (Å²) >= 11 is 0. The first kappa shape index (κ1) is 8.14. The van der Waals surface area contributed by atoms with Crippen molar-refractivity contribution in [2.24, 2.45) is 10.3 Å². The van der Waals surface area contributed by atoms with E-state index >= 15 is 0 Å². The van der Waals surface area contributed by atoms with Crippen molar-refractivity contribution in [3.05, 3.63) is 10.6 Å². The van der Waals surface area contributed by atoms with Crippen LogP contribution in [0.3, 0.4) is 0 Å². The van der Waals surface area contributed by atoms with Crippen LogP contribution in [0.4, 0.5) is 11.6 Å². The zero-order chi connectivity index (χ0) is 8.97. The lowest BCUT2D eigenvalue weighted by molar-refractivity contribution is 0.321. The van der Waals surface area contributed by atoms with Gasteiger partial charge in [0.1, 0.15) is 0 Å². The normalized spacial score (nSPS) is 10.4. The van der Waals surface area contributed by atoms with E-state index in [0.29, 0.717) is 0 Å². The average molecular weight is 172 g/mol. The van der Waals surface area contributed by atoms with Crippen molar-refractivity contribution in [1.29, 1.82) is 0 Å². The summed E-state index contributed by atoms with van der Waals surface area (Å²) in [6.45, 7) is 0. The van der Waals surface area contributed by atoms with Crippen LogP contribution >= 0.6 is 0 Å². The number of aromatic nitrogens is 1. The lowest BCUT2D eigenvalue weighted by Crippen LogP contribution is -1.92. The Morgan fingerprint density at radius 1 is 1.67 bits per heavy atom. The van der Waals surface area contributed by atoms with Crippen LogP contribution in [0.15, 0.2) is 14.9 Å². The summed E-state index contributed by atoms with van der Waals surface area (Å²) in [6.07, 6.45) is 0.872. The van der Waals surface area contributed by atoms with Gasteiger partial charge >= 0.3 is 5.88 Å². The highest BCUT2D eigenvalue weighted by atomic mass is 16.5. The summed E-state index contributed by atoms with van der Waals surface area (Å²) in [4.78, 5) is 9.96. The molecule has 0 aliphatic heterocycles. The molecule has 0 aliphatic carbocycles. The van der Waals surface area contributed by atoms with Crippen LogP contribution in [0, 0.1) is 4.91 Å². The summed E-state index contributed by atoms with van der Waals surface area (Å²) in [7, 11) is 0. The standard InChI is InChI=1S/C4H4N4O4/c9-5-1-2-3(6-10)4(7-11)12-8-2/h1,6,9-10H/b5-1-. The molecule has 8 heteroatoms. The molecule has 0 amide bonds. The number of anilines is 1. The molecule has 0 atom stereocenters. The van der Waals surface area contributed by atoms with Crippen molar-refractivity contribution >= 4 is 17.8 Å². The number of nitroso groups, excluding NO2 is 1. The average Bonchev–Trinajstić information content (AvgIpc) is 2.47. The van der Waals surface area contributed by atoms with Gasteiger partial charge in [0.25, 0.3) is 0 Å². The van der Waals surface area contributed by atoms with E-state index in [2.05, 4.69) is 20.0 Å². The van der Waals surface area contributed by atoms with Crippen LogP contribution in [0.1, 0.15) is 5.69 Å². The van der Waals surface area contributed by atoms with Gasteiger partial charge in [-0.05, 0) is 0 Å². The molecule has 0 aromatic carbocycles. The minimum absolute atomic E-state index is 0.0328. The predicted molar refractivity (Wildman–Crippen MR) is 36.7 cm³/mol. The predicted octanol–water partition coefficient (Wildman–Crippen LogP) is 0.682. The molecule has 0 radical (unpaired) electrons. The maximum absolute atomic E-state index is 9.96. The zero-order valence-corrected chi connectivity index (χ0v) is 5.63. The van der Waals surface area contributed by atoms with Gasteiger partial charge in [0.2, 0.25) is 0 Å². The third kappa shape index (κ3) is 1.22. The van der Waals surface area contributed by atoms with E-state index in [9.17, 15) is 4.91 Å². The number of nitrogens with zero attached hydrogens (tertiary/aromatic N) is 3. The number of oxime groups is 1. The van der Waals surface area contributed by atoms with E-state index in [1.165, 1.54) is 0 Å². The topological polar surface area (TPSA) is 120 Å². The second kappa shape index (κ2) is 3.44. The highest BCUT2D eigenvalue weighted by Gasteiger charge is 2.14. The van der Waals surface area contributed by atoms with E-state index < -0.39 is 5.88 Å². The Hall–Kier alpha value is -1.96. The van der Waals surface area contributed by atoms with Crippen molar-refractivity contribution in [2.45, 2.75) is 0 Å². The Morgan fingerprint density at radius 3 is 2.92 bits per heavy atom. The maximum atomic E-state index is 9.96. The van der Waals surface area contributed by atoms with Crippen LogP contribution in [0.2, 0.25) is 0 Å². The van der Waals surface area contributed by atoms with Gasteiger partial charge in [-0.25, -0.2) is 0 Å². The molecule has 0 bridgehead atoms. The molecule has 1 heterocycles. The van der Waals surface area contributed by atoms with Crippen molar-refractivity contribution in [2.75, 3.05) is 5.48 Å². The summed E-state index contributed by atoms with van der Waals surface area (Å²) in [5.74, 6) is -0.424. The smallest absolute Gasteiger partial charge is 0.316 e. The summed E-state index contributed by atoms with van der Waals surface area (Å²) < 4.78 is 4.33. The molecule has 0 aliphatic rings. The monoisotopic (exact) mass is 172 g/mol. The van der Waals surface area contributed by atoms with Crippen molar-refractivity contribution in [3.8, 4) is 0 Å². The van der Waals surface area contributed by atoms with Crippen LogP contribution < -0.4 is 5.48 Å². The largest absolute Gasteiger partial charge is 0.411 e. The first-order valence-electron chi connectivity index (χ1n) is 2.74. The van der Waals surface area contributed by atoms with Crippen LogP contribution in [0.25, 0.3) is 0 Å². The summed E-state index contributed by atoms with van der Waals surface area (Å²) in [5, 5.41) is 24.8. The van der Waals surface area contributed by atoms with Crippen LogP contribution in [-0.2, 0) is 0 Å². The van der Waals surface area contributed by atoms with E-state index in [1.54, 1.807) is 5.48 Å². The second-order valence-electron chi connectivity index (χ2n) is 1.70. The third-order valence-corrected chi connectivity index (χ3v) is 1.08. The van der Waals surface area contributed by atoms with Gasteiger partial charge in [-0.3, -0.25) is 10.7 Å². The van der Waals surface area contributed by atoms with Gasteiger partial charge in [-0.1, -0.05) is 10.3 Å². The SMILES string of the molecule is O=Nc1onc(/C=N\O)c1NO. The molecule has 64 valence electrons. The molecule has 8 nitrogen and oxygen atoms in total. The molecule has 1 aromatic rings. The lowest BCUT2D eigenvalue weighted by atomic mass is 10.4. The maximum Gasteiger partial charge on any atom is 0.316 e. The van der Waals surface area contributed by atoms with Gasteiger partial charge in [0.15, 0.2) is 11.4 Å². The molecule has 1 aromatic heterocycles. The van der Waals surface area contributed by atoms with Crippen LogP contribution in [-0.4, -0.2) is 21.8 Å². The Labute approximate surface area is 65.4 Å². The molecule has 0 unspecified atom stereocenters. The fourth-order valence-electron chi connectivity index (χ4n) is 0.603. The fourth-order valence-corrected chi connectivity index (χ4v) is 0.603. The number of hydrogen-bond donors (Lipinski definition) is 3.